The van der Waals surface area contributed by atoms with Crippen molar-refractivity contribution in [1.29, 1.82) is 5.26 Å². The maximum absolute atomic E-state index is 9.47. The average Bonchev–Trinajstić information content (AvgIpc) is 3.39. The normalized spacial score (nSPS) is 19.9. The van der Waals surface area contributed by atoms with Crippen molar-refractivity contribution >= 4 is 5.90 Å². The first-order chi connectivity index (χ1) is 14.6. The molecular weight excluding hydrogens is 380 g/mol. The summed E-state index contributed by atoms with van der Waals surface area (Å²) in [5.74, 6) is 1.01. The van der Waals surface area contributed by atoms with Gasteiger partial charge >= 0.3 is 0 Å². The summed E-state index contributed by atoms with van der Waals surface area (Å²) >= 11 is 0. The van der Waals surface area contributed by atoms with Gasteiger partial charge in [0.15, 0.2) is 6.17 Å². The topological polar surface area (TPSA) is 98.9 Å². The monoisotopic (exact) mass is 406 g/mol. The minimum absolute atomic E-state index is 0.00932. The highest BCUT2D eigenvalue weighted by atomic mass is 16.7. The largest absolute Gasteiger partial charge is 0.490 e. The number of nitrogens with one attached hydrogen (secondary N) is 2. The number of ether oxygens (including phenoxy) is 1. The van der Waals surface area contributed by atoms with E-state index in [9.17, 15) is 5.26 Å². The molecule has 0 aromatic heterocycles. The van der Waals surface area contributed by atoms with Crippen molar-refractivity contribution in [2.75, 3.05) is 13.2 Å². The SMILES string of the molecule is CC(C)Oc1ccc(C2=NC(c3cccc4c3CCC4NCCO)NO2)cc1C#N. The van der Waals surface area contributed by atoms with Crippen LogP contribution in [-0.2, 0) is 11.3 Å². The van der Waals surface area contributed by atoms with Gasteiger partial charge in [-0.25, -0.2) is 4.99 Å². The molecule has 2 atom stereocenters. The number of aliphatic imine (C=N–C) groups is 1. The lowest BCUT2D eigenvalue weighted by Gasteiger charge is -2.15. The molecule has 0 spiro atoms. The first-order valence-electron chi connectivity index (χ1n) is 10.3. The Labute approximate surface area is 176 Å². The van der Waals surface area contributed by atoms with Crippen LogP contribution in [0, 0.1) is 11.3 Å². The molecule has 0 saturated carbocycles. The molecule has 2 aromatic rings. The lowest BCUT2D eigenvalue weighted by Crippen LogP contribution is -2.22. The van der Waals surface area contributed by atoms with Crippen LogP contribution in [0.4, 0.5) is 0 Å². The smallest absolute Gasteiger partial charge is 0.242 e. The van der Waals surface area contributed by atoms with Crippen molar-refractivity contribution in [3.63, 3.8) is 0 Å². The fourth-order valence-electron chi connectivity index (χ4n) is 4.04. The Balaban J connectivity index is 1.58. The summed E-state index contributed by atoms with van der Waals surface area (Å²) in [5.41, 5.74) is 7.82. The van der Waals surface area contributed by atoms with Crippen molar-refractivity contribution in [3.8, 4) is 11.8 Å². The van der Waals surface area contributed by atoms with Crippen LogP contribution in [0.3, 0.4) is 0 Å². The Hall–Kier alpha value is -2.92. The number of rotatable bonds is 7. The third-order valence-electron chi connectivity index (χ3n) is 5.33. The summed E-state index contributed by atoms with van der Waals surface area (Å²) < 4.78 is 5.69. The highest BCUT2D eigenvalue weighted by Crippen LogP contribution is 2.37. The van der Waals surface area contributed by atoms with Crippen molar-refractivity contribution in [3.05, 3.63) is 64.2 Å². The molecule has 0 bridgehead atoms. The zero-order chi connectivity index (χ0) is 21.1. The Kier molecular flexibility index (Phi) is 6.00. The molecule has 7 heteroatoms. The molecule has 156 valence electrons. The zero-order valence-electron chi connectivity index (χ0n) is 17.2. The van der Waals surface area contributed by atoms with E-state index >= 15 is 0 Å². The van der Waals surface area contributed by atoms with Gasteiger partial charge in [-0.2, -0.15) is 5.26 Å². The second kappa shape index (κ2) is 8.84. The van der Waals surface area contributed by atoms with Crippen LogP contribution in [0.5, 0.6) is 5.75 Å². The number of benzene rings is 2. The third kappa shape index (κ3) is 4.03. The van der Waals surface area contributed by atoms with Gasteiger partial charge in [-0.3, -0.25) is 0 Å². The van der Waals surface area contributed by atoms with Crippen molar-refractivity contribution in [2.24, 2.45) is 4.99 Å². The van der Waals surface area contributed by atoms with Gasteiger partial charge in [-0.15, -0.1) is 5.48 Å². The molecule has 3 N–H and O–H groups in total. The van der Waals surface area contributed by atoms with Crippen LogP contribution in [0.2, 0.25) is 0 Å². The van der Waals surface area contributed by atoms with Gasteiger partial charge in [0.2, 0.25) is 5.90 Å². The van der Waals surface area contributed by atoms with Crippen LogP contribution >= 0.6 is 0 Å². The molecule has 7 nitrogen and oxygen atoms in total. The number of hydrogen-bond acceptors (Lipinski definition) is 7. The van der Waals surface area contributed by atoms with E-state index in [0.717, 1.165) is 24.0 Å². The van der Waals surface area contributed by atoms with Gasteiger partial charge in [0, 0.05) is 18.2 Å². The van der Waals surface area contributed by atoms with Crippen molar-refractivity contribution in [2.45, 2.75) is 45.0 Å². The molecule has 1 heterocycles. The second-order valence-electron chi connectivity index (χ2n) is 7.73. The minimum Gasteiger partial charge on any atom is -0.490 e. The van der Waals surface area contributed by atoms with E-state index in [0.29, 0.717) is 23.8 Å². The lowest BCUT2D eigenvalue weighted by molar-refractivity contribution is 0.180. The van der Waals surface area contributed by atoms with Crippen LogP contribution in [0.15, 0.2) is 41.4 Å². The number of hydrogen-bond donors (Lipinski definition) is 3. The van der Waals surface area contributed by atoms with E-state index in [1.54, 1.807) is 12.1 Å². The molecule has 4 rings (SSSR count). The molecule has 1 aliphatic heterocycles. The Morgan fingerprint density at radius 1 is 1.33 bits per heavy atom. The number of aliphatic hydroxyl groups excluding tert-OH is 1. The summed E-state index contributed by atoms with van der Waals surface area (Å²) in [7, 11) is 0. The van der Waals surface area contributed by atoms with Crippen LogP contribution < -0.4 is 15.5 Å². The average molecular weight is 406 g/mol. The predicted octanol–water partition coefficient (Wildman–Crippen LogP) is 2.89. The van der Waals surface area contributed by atoms with E-state index in [2.05, 4.69) is 29.0 Å². The Bertz CT molecular complexity index is 996. The van der Waals surface area contributed by atoms with Crippen LogP contribution in [0.1, 0.15) is 60.3 Å². The van der Waals surface area contributed by atoms with Gasteiger partial charge in [-0.05, 0) is 61.6 Å². The first kappa shape index (κ1) is 20.4. The van der Waals surface area contributed by atoms with E-state index in [-0.39, 0.29) is 24.9 Å². The number of hydroxylamine groups is 1. The number of fused-ring (bicyclic) bond motifs is 1. The number of nitrogens with zero attached hydrogens (tertiary/aromatic N) is 2. The van der Waals surface area contributed by atoms with Crippen molar-refractivity contribution in [1.82, 2.24) is 10.8 Å². The predicted molar refractivity (Wildman–Crippen MR) is 113 cm³/mol. The molecule has 1 aliphatic carbocycles. The third-order valence-corrected chi connectivity index (χ3v) is 5.33. The van der Waals surface area contributed by atoms with Gasteiger partial charge in [0.25, 0.3) is 0 Å². The van der Waals surface area contributed by atoms with E-state index in [1.165, 1.54) is 11.1 Å². The van der Waals surface area contributed by atoms with E-state index in [4.69, 9.17) is 19.7 Å². The zero-order valence-corrected chi connectivity index (χ0v) is 17.2. The first-order valence-corrected chi connectivity index (χ1v) is 10.3. The molecule has 0 radical (unpaired) electrons. The standard InChI is InChI=1S/C23H26N4O3/c1-14(2)29-21-9-6-15(12-16(21)13-24)23-26-22(27-30-23)19-5-3-4-18-17(19)7-8-20(18)25-10-11-28/h3-6,9,12,14,20,22,25,27-28H,7-8,10-11H2,1-2H3. The van der Waals surface area contributed by atoms with Gasteiger partial charge in [0.05, 0.1) is 18.3 Å². The molecule has 2 aromatic carbocycles. The number of aliphatic hydroxyl groups is 1. The van der Waals surface area contributed by atoms with Crippen molar-refractivity contribution < 1.29 is 14.7 Å². The minimum atomic E-state index is -0.302. The quantitative estimate of drug-likeness (QED) is 0.654. The van der Waals surface area contributed by atoms with Gasteiger partial charge < -0.3 is 20.0 Å². The highest BCUT2D eigenvalue weighted by Gasteiger charge is 2.29. The summed E-state index contributed by atoms with van der Waals surface area (Å²) in [4.78, 5) is 10.4. The summed E-state index contributed by atoms with van der Waals surface area (Å²) in [6.07, 6.45) is 1.64. The summed E-state index contributed by atoms with van der Waals surface area (Å²) in [6.45, 7) is 4.56. The maximum atomic E-state index is 9.47. The summed E-state index contributed by atoms with van der Waals surface area (Å²) in [5, 5.41) is 22.0. The molecular formula is C23H26N4O3. The van der Waals surface area contributed by atoms with Gasteiger partial charge in [0.1, 0.15) is 11.8 Å². The molecule has 2 unspecified atom stereocenters. The fraction of sp³-hybridized carbons (Fsp3) is 0.391. The van der Waals surface area contributed by atoms with E-state index < -0.39 is 0 Å². The van der Waals surface area contributed by atoms with E-state index in [1.807, 2.05) is 26.0 Å². The summed E-state index contributed by atoms with van der Waals surface area (Å²) in [6, 6.07) is 14.1. The Morgan fingerprint density at radius 3 is 2.93 bits per heavy atom. The molecule has 0 saturated heterocycles. The van der Waals surface area contributed by atoms with Gasteiger partial charge in [-0.1, -0.05) is 18.2 Å². The Morgan fingerprint density at radius 2 is 2.17 bits per heavy atom. The molecule has 0 fully saturated rings. The maximum Gasteiger partial charge on any atom is 0.242 e. The number of nitriles is 1. The fourth-order valence-corrected chi connectivity index (χ4v) is 4.04. The van der Waals surface area contributed by atoms with Crippen LogP contribution in [-0.4, -0.2) is 30.3 Å². The lowest BCUT2D eigenvalue weighted by atomic mass is 10.0. The molecule has 30 heavy (non-hydrogen) atoms. The molecule has 0 amide bonds. The van der Waals surface area contributed by atoms with Crippen LogP contribution in [0.25, 0.3) is 0 Å². The molecule has 2 aliphatic rings. The highest BCUT2D eigenvalue weighted by molar-refractivity contribution is 5.95. The second-order valence-corrected chi connectivity index (χ2v) is 7.73.